The van der Waals surface area contributed by atoms with E-state index >= 15 is 0 Å². The predicted molar refractivity (Wildman–Crippen MR) is 90.8 cm³/mol. The van der Waals surface area contributed by atoms with Gasteiger partial charge in [0.25, 0.3) is 5.91 Å². The van der Waals surface area contributed by atoms with E-state index in [-0.39, 0.29) is 23.9 Å². The van der Waals surface area contributed by atoms with Crippen LogP contribution in [0.5, 0.6) is 0 Å². The zero-order chi connectivity index (χ0) is 17.7. The number of carbonyl (C=O) groups is 2. The standard InChI is InChI=1S/C17H23N5O2/c1-5-21(10-15(23)20-17(2,3)4)16(24)13-6-8-14(9-7-13)22-12-18-11-19-22/h6-9,11-12H,5,10H2,1-4H3,(H,20,23). The monoisotopic (exact) mass is 329 g/mol. The summed E-state index contributed by atoms with van der Waals surface area (Å²) in [5, 5.41) is 6.91. The molecule has 1 N–H and O–H groups in total. The number of carbonyl (C=O) groups excluding carboxylic acids is 2. The topological polar surface area (TPSA) is 80.1 Å². The maximum absolute atomic E-state index is 12.6. The summed E-state index contributed by atoms with van der Waals surface area (Å²) in [5.74, 6) is -0.344. The van der Waals surface area contributed by atoms with E-state index in [1.807, 2.05) is 27.7 Å². The van der Waals surface area contributed by atoms with E-state index in [0.29, 0.717) is 12.1 Å². The molecule has 1 aromatic carbocycles. The largest absolute Gasteiger partial charge is 0.350 e. The quantitative estimate of drug-likeness (QED) is 0.904. The van der Waals surface area contributed by atoms with Crippen molar-refractivity contribution in [2.75, 3.05) is 13.1 Å². The van der Waals surface area contributed by atoms with Crippen LogP contribution in [0.4, 0.5) is 0 Å². The average molecular weight is 329 g/mol. The van der Waals surface area contributed by atoms with Crippen molar-refractivity contribution in [3.05, 3.63) is 42.5 Å². The first kappa shape index (κ1) is 17.7. The van der Waals surface area contributed by atoms with Crippen LogP contribution in [0.3, 0.4) is 0 Å². The normalized spacial score (nSPS) is 11.2. The molecule has 1 aromatic heterocycles. The summed E-state index contributed by atoms with van der Waals surface area (Å²) in [7, 11) is 0. The third-order valence-corrected chi connectivity index (χ3v) is 3.32. The highest BCUT2D eigenvalue weighted by atomic mass is 16.2. The van der Waals surface area contributed by atoms with E-state index in [4.69, 9.17) is 0 Å². The van der Waals surface area contributed by atoms with Crippen molar-refractivity contribution < 1.29 is 9.59 Å². The number of hydrogen-bond acceptors (Lipinski definition) is 4. The summed E-state index contributed by atoms with van der Waals surface area (Å²) in [6.07, 6.45) is 3.04. The minimum atomic E-state index is -0.320. The molecule has 2 rings (SSSR count). The van der Waals surface area contributed by atoms with Gasteiger partial charge in [-0.1, -0.05) is 0 Å². The SMILES string of the molecule is CCN(CC(=O)NC(C)(C)C)C(=O)c1ccc(-n2cncn2)cc1. The Morgan fingerprint density at radius 2 is 1.88 bits per heavy atom. The first-order valence-corrected chi connectivity index (χ1v) is 7.85. The summed E-state index contributed by atoms with van der Waals surface area (Å²) in [5.41, 5.74) is 1.03. The maximum atomic E-state index is 12.6. The molecule has 128 valence electrons. The lowest BCUT2D eigenvalue weighted by Gasteiger charge is -2.25. The lowest BCUT2D eigenvalue weighted by molar-refractivity contribution is -0.123. The van der Waals surface area contributed by atoms with Crippen LogP contribution in [0.25, 0.3) is 5.69 Å². The molecule has 0 saturated carbocycles. The van der Waals surface area contributed by atoms with Gasteiger partial charge >= 0.3 is 0 Å². The van der Waals surface area contributed by atoms with Gasteiger partial charge < -0.3 is 10.2 Å². The van der Waals surface area contributed by atoms with Crippen molar-refractivity contribution in [2.24, 2.45) is 0 Å². The number of likely N-dealkylation sites (N-methyl/N-ethyl adjacent to an activating group) is 1. The molecule has 0 fully saturated rings. The van der Waals surface area contributed by atoms with Gasteiger partial charge in [-0.25, -0.2) is 9.67 Å². The average Bonchev–Trinajstić information content (AvgIpc) is 3.05. The Bertz CT molecular complexity index is 687. The molecule has 0 radical (unpaired) electrons. The van der Waals surface area contributed by atoms with Crippen molar-refractivity contribution >= 4 is 11.8 Å². The van der Waals surface area contributed by atoms with Gasteiger partial charge in [0.05, 0.1) is 12.2 Å². The molecule has 1 heterocycles. The highest BCUT2D eigenvalue weighted by Crippen LogP contribution is 2.11. The molecule has 0 bridgehead atoms. The molecule has 7 nitrogen and oxygen atoms in total. The van der Waals surface area contributed by atoms with E-state index in [1.54, 1.807) is 35.3 Å². The second-order valence-electron chi connectivity index (χ2n) is 6.50. The van der Waals surface area contributed by atoms with Crippen molar-refractivity contribution in [1.29, 1.82) is 0 Å². The number of hydrogen-bond donors (Lipinski definition) is 1. The van der Waals surface area contributed by atoms with Crippen molar-refractivity contribution in [3.63, 3.8) is 0 Å². The molecule has 2 aromatic rings. The fourth-order valence-electron chi connectivity index (χ4n) is 2.24. The Labute approximate surface area is 141 Å². The molecular weight excluding hydrogens is 306 g/mol. The van der Waals surface area contributed by atoms with Gasteiger partial charge in [0.15, 0.2) is 0 Å². The highest BCUT2D eigenvalue weighted by molar-refractivity contribution is 5.96. The van der Waals surface area contributed by atoms with E-state index < -0.39 is 0 Å². The molecule has 0 aliphatic heterocycles. The minimum Gasteiger partial charge on any atom is -0.350 e. The molecule has 0 spiro atoms. The van der Waals surface area contributed by atoms with E-state index in [9.17, 15) is 9.59 Å². The molecule has 0 aliphatic rings. The van der Waals surface area contributed by atoms with Gasteiger partial charge in [-0.15, -0.1) is 0 Å². The first-order valence-electron chi connectivity index (χ1n) is 7.85. The number of benzene rings is 1. The van der Waals surface area contributed by atoms with Gasteiger partial charge in [-0.05, 0) is 52.0 Å². The molecule has 24 heavy (non-hydrogen) atoms. The number of nitrogens with one attached hydrogen (secondary N) is 1. The van der Waals surface area contributed by atoms with Gasteiger partial charge in [0, 0.05) is 17.6 Å². The maximum Gasteiger partial charge on any atom is 0.254 e. The Morgan fingerprint density at radius 1 is 1.21 bits per heavy atom. The molecule has 0 atom stereocenters. The van der Waals surface area contributed by atoms with E-state index in [2.05, 4.69) is 15.4 Å². The fraction of sp³-hybridized carbons (Fsp3) is 0.412. The number of nitrogens with zero attached hydrogens (tertiary/aromatic N) is 4. The lowest BCUT2D eigenvalue weighted by Crippen LogP contribution is -2.47. The number of rotatable bonds is 5. The zero-order valence-corrected chi connectivity index (χ0v) is 14.5. The van der Waals surface area contributed by atoms with Crippen LogP contribution in [0.15, 0.2) is 36.9 Å². The summed E-state index contributed by atoms with van der Waals surface area (Å²) < 4.78 is 1.61. The zero-order valence-electron chi connectivity index (χ0n) is 14.5. The predicted octanol–water partition coefficient (Wildman–Crippen LogP) is 1.64. The molecule has 0 saturated heterocycles. The third kappa shape index (κ3) is 4.65. The molecular formula is C17H23N5O2. The molecule has 7 heteroatoms. The fourth-order valence-corrected chi connectivity index (χ4v) is 2.24. The van der Waals surface area contributed by atoms with E-state index in [1.165, 1.54) is 11.2 Å². The highest BCUT2D eigenvalue weighted by Gasteiger charge is 2.20. The number of amides is 2. The lowest BCUT2D eigenvalue weighted by atomic mass is 10.1. The van der Waals surface area contributed by atoms with Crippen LogP contribution in [-0.2, 0) is 4.79 Å². The second-order valence-corrected chi connectivity index (χ2v) is 6.50. The van der Waals surface area contributed by atoms with Crippen LogP contribution in [-0.4, -0.2) is 50.1 Å². The van der Waals surface area contributed by atoms with Crippen molar-refractivity contribution in [2.45, 2.75) is 33.2 Å². The van der Waals surface area contributed by atoms with Crippen LogP contribution >= 0.6 is 0 Å². The van der Waals surface area contributed by atoms with Gasteiger partial charge in [-0.2, -0.15) is 5.10 Å². The first-order chi connectivity index (χ1) is 11.3. The van der Waals surface area contributed by atoms with Gasteiger partial charge in [0.2, 0.25) is 5.91 Å². The third-order valence-electron chi connectivity index (χ3n) is 3.32. The summed E-state index contributed by atoms with van der Waals surface area (Å²) in [6.45, 7) is 8.08. The molecule has 0 aliphatic carbocycles. The van der Waals surface area contributed by atoms with Crippen LogP contribution in [0.1, 0.15) is 38.1 Å². The Hall–Kier alpha value is -2.70. The Morgan fingerprint density at radius 3 is 2.38 bits per heavy atom. The molecule has 2 amide bonds. The van der Waals surface area contributed by atoms with Gasteiger partial charge in [-0.3, -0.25) is 9.59 Å². The summed E-state index contributed by atoms with van der Waals surface area (Å²) >= 11 is 0. The Balaban J connectivity index is 2.06. The summed E-state index contributed by atoms with van der Waals surface area (Å²) in [6, 6.07) is 7.04. The minimum absolute atomic E-state index is 0.0391. The van der Waals surface area contributed by atoms with Crippen LogP contribution < -0.4 is 5.32 Å². The number of aromatic nitrogens is 3. The smallest absolute Gasteiger partial charge is 0.254 e. The van der Waals surface area contributed by atoms with E-state index in [0.717, 1.165) is 5.69 Å². The summed E-state index contributed by atoms with van der Waals surface area (Å²) in [4.78, 5) is 30.0. The van der Waals surface area contributed by atoms with Crippen molar-refractivity contribution in [3.8, 4) is 5.69 Å². The van der Waals surface area contributed by atoms with Gasteiger partial charge in [0.1, 0.15) is 12.7 Å². The second kappa shape index (κ2) is 7.25. The van der Waals surface area contributed by atoms with Crippen LogP contribution in [0.2, 0.25) is 0 Å². The van der Waals surface area contributed by atoms with Crippen molar-refractivity contribution in [1.82, 2.24) is 25.0 Å². The Kier molecular flexibility index (Phi) is 5.33. The van der Waals surface area contributed by atoms with Crippen LogP contribution in [0, 0.1) is 0 Å². The molecule has 0 unspecified atom stereocenters.